The molecule has 6 nitrogen and oxygen atoms in total. The maximum Gasteiger partial charge on any atom is 0.335 e. The molecule has 0 atom stereocenters. The van der Waals surface area contributed by atoms with Gasteiger partial charge in [0, 0.05) is 49.1 Å². The van der Waals surface area contributed by atoms with Gasteiger partial charge in [-0.3, -0.25) is 9.59 Å². The van der Waals surface area contributed by atoms with Gasteiger partial charge in [-0.25, -0.2) is 4.79 Å². The van der Waals surface area contributed by atoms with E-state index in [1.54, 1.807) is 24.0 Å². The van der Waals surface area contributed by atoms with Crippen molar-refractivity contribution in [2.24, 2.45) is 0 Å². The van der Waals surface area contributed by atoms with E-state index in [2.05, 4.69) is 5.32 Å². The summed E-state index contributed by atoms with van der Waals surface area (Å²) in [6.07, 6.45) is 0.820. The van der Waals surface area contributed by atoms with Crippen LogP contribution in [0.25, 0.3) is 0 Å². The van der Waals surface area contributed by atoms with Crippen molar-refractivity contribution in [1.82, 2.24) is 4.90 Å². The Morgan fingerprint density at radius 1 is 1.23 bits per heavy atom. The summed E-state index contributed by atoms with van der Waals surface area (Å²) in [6.45, 7) is 5.88. The normalized spacial score (nSPS) is 18.9. The van der Waals surface area contributed by atoms with Gasteiger partial charge in [-0.1, -0.05) is 17.7 Å². The highest BCUT2D eigenvalue weighted by Gasteiger charge is 2.51. The molecule has 0 unspecified atom stereocenters. The molecule has 1 spiro atoms. The first kappa shape index (κ1) is 18.5. The smallest absolute Gasteiger partial charge is 0.335 e. The summed E-state index contributed by atoms with van der Waals surface area (Å²) >= 11 is 6.12. The van der Waals surface area contributed by atoms with Crippen LogP contribution in [0.5, 0.6) is 0 Å². The molecule has 1 aromatic carbocycles. The Kier molecular flexibility index (Phi) is 4.80. The van der Waals surface area contributed by atoms with Crippen LogP contribution in [0.2, 0.25) is 5.02 Å². The first-order valence-electron chi connectivity index (χ1n) is 8.51. The van der Waals surface area contributed by atoms with E-state index in [9.17, 15) is 14.4 Å². The molecule has 2 aliphatic heterocycles. The van der Waals surface area contributed by atoms with Gasteiger partial charge in [0.05, 0.1) is 5.57 Å². The third-order valence-electron chi connectivity index (χ3n) is 5.10. The summed E-state index contributed by atoms with van der Waals surface area (Å²) in [5, 5.41) is 3.37. The number of esters is 1. The number of ether oxygens (including phenoxy) is 1. The zero-order valence-corrected chi connectivity index (χ0v) is 15.8. The minimum absolute atomic E-state index is 0.0230. The molecule has 1 fully saturated rings. The predicted molar refractivity (Wildman–Crippen MR) is 97.8 cm³/mol. The van der Waals surface area contributed by atoms with E-state index in [0.717, 1.165) is 5.56 Å². The van der Waals surface area contributed by atoms with Gasteiger partial charge in [-0.2, -0.15) is 0 Å². The summed E-state index contributed by atoms with van der Waals surface area (Å²) in [7, 11) is 0. The number of carbonyl (C=O) groups is 3. The van der Waals surface area contributed by atoms with Crippen LogP contribution in [0.4, 0.5) is 5.69 Å². The van der Waals surface area contributed by atoms with E-state index in [1.807, 2.05) is 13.0 Å². The molecule has 0 radical (unpaired) electrons. The number of nitrogens with zero attached hydrogens (tertiary/aromatic N) is 1. The molecule has 0 saturated carbocycles. The van der Waals surface area contributed by atoms with Crippen LogP contribution in [0.3, 0.4) is 0 Å². The van der Waals surface area contributed by atoms with Crippen LogP contribution in [0, 0.1) is 6.92 Å². The molecule has 26 heavy (non-hydrogen) atoms. The highest BCUT2D eigenvalue weighted by Crippen LogP contribution is 2.41. The summed E-state index contributed by atoms with van der Waals surface area (Å²) in [5.74, 6) is -0.872. The Balaban J connectivity index is 1.85. The fourth-order valence-corrected chi connectivity index (χ4v) is 3.71. The minimum Gasteiger partial charge on any atom is -0.450 e. The van der Waals surface area contributed by atoms with Gasteiger partial charge in [-0.15, -0.1) is 0 Å². The van der Waals surface area contributed by atoms with Crippen molar-refractivity contribution in [1.29, 1.82) is 0 Å². The molecule has 3 rings (SSSR count). The van der Waals surface area contributed by atoms with Crippen LogP contribution in [0.15, 0.2) is 29.3 Å². The van der Waals surface area contributed by atoms with Crippen molar-refractivity contribution in [2.45, 2.75) is 39.2 Å². The highest BCUT2D eigenvalue weighted by atomic mass is 35.5. The summed E-state index contributed by atoms with van der Waals surface area (Å²) in [4.78, 5) is 38.4. The average molecular weight is 377 g/mol. The van der Waals surface area contributed by atoms with Crippen LogP contribution in [-0.2, 0) is 19.1 Å². The third-order valence-corrected chi connectivity index (χ3v) is 5.51. The molecular formula is C19H21ClN2O4. The largest absolute Gasteiger partial charge is 0.450 e. The first-order chi connectivity index (χ1) is 12.2. The van der Waals surface area contributed by atoms with Gasteiger partial charge in [0.1, 0.15) is 5.60 Å². The maximum absolute atomic E-state index is 12.9. The number of nitrogens with one attached hydrogen (secondary N) is 1. The fourth-order valence-electron chi connectivity index (χ4n) is 3.53. The number of likely N-dealkylation sites (tertiary alicyclic amines) is 1. The highest BCUT2D eigenvalue weighted by molar-refractivity contribution is 6.31. The summed E-state index contributed by atoms with van der Waals surface area (Å²) < 4.78 is 5.61. The second kappa shape index (κ2) is 6.76. The van der Waals surface area contributed by atoms with E-state index in [-0.39, 0.29) is 11.8 Å². The van der Waals surface area contributed by atoms with Gasteiger partial charge < -0.3 is 15.0 Å². The van der Waals surface area contributed by atoms with Crippen LogP contribution in [-0.4, -0.2) is 41.4 Å². The van der Waals surface area contributed by atoms with E-state index < -0.39 is 11.6 Å². The van der Waals surface area contributed by atoms with Crippen molar-refractivity contribution in [3.05, 3.63) is 39.9 Å². The molecule has 7 heteroatoms. The zero-order valence-electron chi connectivity index (χ0n) is 15.0. The summed E-state index contributed by atoms with van der Waals surface area (Å²) in [6, 6.07) is 5.25. The Labute approximate surface area is 157 Å². The van der Waals surface area contributed by atoms with Crippen LogP contribution < -0.4 is 5.32 Å². The van der Waals surface area contributed by atoms with Crippen molar-refractivity contribution in [3.63, 3.8) is 0 Å². The second-order valence-corrected chi connectivity index (χ2v) is 7.22. The van der Waals surface area contributed by atoms with Crippen molar-refractivity contribution in [2.75, 3.05) is 18.4 Å². The Bertz CT molecular complexity index is 823. The van der Waals surface area contributed by atoms with E-state index >= 15 is 0 Å². The number of halogens is 1. The molecule has 0 bridgehead atoms. The molecule has 2 aliphatic rings. The number of hydrogen-bond acceptors (Lipinski definition) is 4. The van der Waals surface area contributed by atoms with Gasteiger partial charge in [0.2, 0.25) is 5.91 Å². The zero-order chi connectivity index (χ0) is 19.1. The van der Waals surface area contributed by atoms with Crippen molar-refractivity contribution in [3.8, 4) is 0 Å². The Morgan fingerprint density at radius 3 is 2.46 bits per heavy atom. The Hall–Kier alpha value is -2.34. The number of piperidine rings is 1. The monoisotopic (exact) mass is 376 g/mol. The number of benzene rings is 1. The van der Waals surface area contributed by atoms with Crippen LogP contribution in [0.1, 0.15) is 32.3 Å². The van der Waals surface area contributed by atoms with Gasteiger partial charge in [0.15, 0.2) is 0 Å². The molecule has 1 saturated heterocycles. The van der Waals surface area contributed by atoms with E-state index in [1.165, 1.54) is 6.92 Å². The third kappa shape index (κ3) is 3.21. The lowest BCUT2D eigenvalue weighted by Crippen LogP contribution is -2.49. The van der Waals surface area contributed by atoms with Crippen molar-refractivity contribution < 1.29 is 19.1 Å². The quantitative estimate of drug-likeness (QED) is 0.805. The minimum atomic E-state index is -0.967. The topological polar surface area (TPSA) is 75.7 Å². The Morgan fingerprint density at radius 2 is 1.88 bits per heavy atom. The standard InChI is InChI=1S/C19H21ClN2O4/c1-11-4-5-14(10-15(11)20)21-17(24)16-12(2)18(25)26-19(16)6-8-22(9-7-19)13(3)23/h4-5,10H,6-9H2,1-3H3,(H,21,24). The first-order valence-corrected chi connectivity index (χ1v) is 8.89. The lowest BCUT2D eigenvalue weighted by atomic mass is 9.82. The SMILES string of the molecule is CC(=O)N1CCC2(CC1)OC(=O)C(C)=C2C(=O)Nc1ccc(C)c(Cl)c1. The van der Waals surface area contributed by atoms with E-state index in [4.69, 9.17) is 16.3 Å². The lowest BCUT2D eigenvalue weighted by Gasteiger charge is -2.39. The molecular weight excluding hydrogens is 356 g/mol. The maximum atomic E-state index is 12.9. The fraction of sp³-hybridized carbons (Fsp3) is 0.421. The number of anilines is 1. The number of aryl methyl sites for hydroxylation is 1. The second-order valence-electron chi connectivity index (χ2n) is 6.81. The van der Waals surface area contributed by atoms with E-state index in [0.29, 0.717) is 47.8 Å². The van der Waals surface area contributed by atoms with Crippen LogP contribution >= 0.6 is 11.6 Å². The molecule has 0 aromatic heterocycles. The molecule has 1 aromatic rings. The number of amides is 2. The number of hydrogen-bond donors (Lipinski definition) is 1. The number of carbonyl (C=O) groups excluding carboxylic acids is 3. The van der Waals surface area contributed by atoms with Gasteiger partial charge in [0.25, 0.3) is 5.91 Å². The lowest BCUT2D eigenvalue weighted by molar-refractivity contribution is -0.152. The summed E-state index contributed by atoms with van der Waals surface area (Å²) in [5.41, 5.74) is 1.17. The average Bonchev–Trinajstić information content (AvgIpc) is 2.81. The van der Waals surface area contributed by atoms with Gasteiger partial charge in [-0.05, 0) is 31.5 Å². The number of rotatable bonds is 2. The molecule has 0 aliphatic carbocycles. The predicted octanol–water partition coefficient (Wildman–Crippen LogP) is 2.84. The molecule has 2 heterocycles. The molecule has 2 amide bonds. The van der Waals surface area contributed by atoms with Gasteiger partial charge >= 0.3 is 5.97 Å². The van der Waals surface area contributed by atoms with Crippen molar-refractivity contribution >= 4 is 35.1 Å². The molecule has 138 valence electrons. The molecule has 1 N–H and O–H groups in total.